The Morgan fingerprint density at radius 1 is 1.44 bits per heavy atom. The molecule has 0 spiro atoms. The van der Waals surface area contributed by atoms with Crippen molar-refractivity contribution in [2.24, 2.45) is 5.73 Å². The van der Waals surface area contributed by atoms with Gasteiger partial charge in [-0.15, -0.1) is 12.4 Å². The van der Waals surface area contributed by atoms with E-state index in [0.717, 1.165) is 23.9 Å². The van der Waals surface area contributed by atoms with Crippen LogP contribution in [0.15, 0.2) is 24.3 Å². The minimum absolute atomic E-state index is 0. The molecule has 2 aromatic rings. The number of nitrogens with one attached hydrogen (secondary N) is 1. The summed E-state index contributed by atoms with van der Waals surface area (Å²) in [5.41, 5.74) is 7.19. The average Bonchev–Trinajstić information content (AvgIpc) is 2.94. The van der Waals surface area contributed by atoms with Crippen LogP contribution in [0, 0.1) is 0 Å². The van der Waals surface area contributed by atoms with E-state index in [4.69, 9.17) is 5.73 Å². The Balaban J connectivity index is 0.00000120. The van der Waals surface area contributed by atoms with Crippen LogP contribution in [-0.2, 0) is 0 Å². The van der Waals surface area contributed by atoms with Crippen molar-refractivity contribution in [3.05, 3.63) is 30.0 Å². The molecule has 96 valence electrons. The molecule has 3 rings (SSSR count). The van der Waals surface area contributed by atoms with Gasteiger partial charge < -0.3 is 10.6 Å². The van der Waals surface area contributed by atoms with Crippen molar-refractivity contribution in [3.8, 4) is 0 Å². The highest BCUT2D eigenvalue weighted by molar-refractivity contribution is 6.04. The number of likely N-dealkylation sites (tertiary alicyclic amines) is 1. The largest absolute Gasteiger partial charge is 0.336 e. The monoisotopic (exact) mass is 266 g/mol. The molecule has 1 atom stereocenters. The molecule has 1 aromatic heterocycles. The number of aromatic amines is 1. The number of nitrogens with zero attached hydrogens (tertiary/aromatic N) is 2. The van der Waals surface area contributed by atoms with Crippen LogP contribution in [0.5, 0.6) is 0 Å². The van der Waals surface area contributed by atoms with Crippen molar-refractivity contribution in [1.82, 2.24) is 15.1 Å². The molecule has 1 aromatic carbocycles. The second-order valence-electron chi connectivity index (χ2n) is 4.42. The molecule has 6 heteroatoms. The summed E-state index contributed by atoms with van der Waals surface area (Å²) in [7, 11) is 0. The lowest BCUT2D eigenvalue weighted by atomic mass is 10.2. The number of carbonyl (C=O) groups excluding carboxylic acids is 1. The van der Waals surface area contributed by atoms with Crippen LogP contribution >= 0.6 is 12.4 Å². The lowest BCUT2D eigenvalue weighted by Crippen LogP contribution is -2.32. The molecule has 1 saturated heterocycles. The zero-order valence-corrected chi connectivity index (χ0v) is 10.6. The number of nitrogens with two attached hydrogens (primary N) is 1. The van der Waals surface area contributed by atoms with Crippen molar-refractivity contribution in [1.29, 1.82) is 0 Å². The third-order valence-electron chi connectivity index (χ3n) is 3.18. The number of hydrogen-bond acceptors (Lipinski definition) is 3. The van der Waals surface area contributed by atoms with E-state index in [1.807, 2.05) is 24.3 Å². The van der Waals surface area contributed by atoms with Gasteiger partial charge in [0.25, 0.3) is 5.91 Å². The molecule has 0 saturated carbocycles. The van der Waals surface area contributed by atoms with Gasteiger partial charge in [-0.3, -0.25) is 9.89 Å². The number of hydrogen-bond donors (Lipinski definition) is 2. The highest BCUT2D eigenvalue weighted by Crippen LogP contribution is 2.18. The number of rotatable bonds is 1. The van der Waals surface area contributed by atoms with Gasteiger partial charge in [0.1, 0.15) is 0 Å². The molecule has 1 aliphatic heterocycles. The van der Waals surface area contributed by atoms with Gasteiger partial charge in [-0.25, -0.2) is 0 Å². The molecule has 5 nitrogen and oxygen atoms in total. The van der Waals surface area contributed by atoms with Gasteiger partial charge in [-0.2, -0.15) is 5.10 Å². The Hall–Kier alpha value is -1.59. The number of aromatic nitrogens is 2. The summed E-state index contributed by atoms with van der Waals surface area (Å²) >= 11 is 0. The van der Waals surface area contributed by atoms with Gasteiger partial charge in [-0.1, -0.05) is 18.2 Å². The van der Waals surface area contributed by atoms with Crippen LogP contribution < -0.4 is 5.73 Å². The summed E-state index contributed by atoms with van der Waals surface area (Å²) in [4.78, 5) is 14.0. The first kappa shape index (κ1) is 12.9. The number of fused-ring (bicyclic) bond motifs is 1. The normalized spacial score (nSPS) is 18.9. The molecule has 1 amide bonds. The zero-order chi connectivity index (χ0) is 11.8. The second-order valence-corrected chi connectivity index (χ2v) is 4.42. The lowest BCUT2D eigenvalue weighted by molar-refractivity contribution is 0.0787. The van der Waals surface area contributed by atoms with E-state index in [2.05, 4.69) is 10.2 Å². The SMILES string of the molecule is Cl.NC1CCN(C(=O)c2n[nH]c3ccccc23)C1. The number of H-pyrrole nitrogens is 1. The van der Waals surface area contributed by atoms with Crippen molar-refractivity contribution in [2.75, 3.05) is 13.1 Å². The summed E-state index contributed by atoms with van der Waals surface area (Å²) < 4.78 is 0. The van der Waals surface area contributed by atoms with E-state index in [0.29, 0.717) is 12.2 Å². The van der Waals surface area contributed by atoms with E-state index in [1.165, 1.54) is 0 Å². The van der Waals surface area contributed by atoms with Crippen LogP contribution in [-0.4, -0.2) is 40.1 Å². The molecule has 1 aliphatic rings. The molecule has 2 heterocycles. The molecule has 1 fully saturated rings. The van der Waals surface area contributed by atoms with Crippen molar-refractivity contribution >= 4 is 29.2 Å². The first-order valence-corrected chi connectivity index (χ1v) is 5.73. The maximum Gasteiger partial charge on any atom is 0.275 e. The summed E-state index contributed by atoms with van der Waals surface area (Å²) in [6.45, 7) is 1.35. The van der Waals surface area contributed by atoms with Gasteiger partial charge in [0, 0.05) is 24.5 Å². The number of para-hydroxylation sites is 1. The number of carbonyl (C=O) groups is 1. The van der Waals surface area contributed by atoms with Gasteiger partial charge in [0.2, 0.25) is 0 Å². The highest BCUT2D eigenvalue weighted by Gasteiger charge is 2.26. The molecular formula is C12H15ClN4O. The van der Waals surface area contributed by atoms with Gasteiger partial charge in [0.15, 0.2) is 5.69 Å². The molecular weight excluding hydrogens is 252 g/mol. The number of benzene rings is 1. The molecule has 18 heavy (non-hydrogen) atoms. The smallest absolute Gasteiger partial charge is 0.275 e. The van der Waals surface area contributed by atoms with Crippen LogP contribution in [0.3, 0.4) is 0 Å². The third kappa shape index (κ3) is 2.07. The Bertz CT molecular complexity index is 568. The Morgan fingerprint density at radius 2 is 2.22 bits per heavy atom. The molecule has 0 radical (unpaired) electrons. The predicted molar refractivity (Wildman–Crippen MR) is 71.8 cm³/mol. The Morgan fingerprint density at radius 3 is 2.94 bits per heavy atom. The van der Waals surface area contributed by atoms with Crippen molar-refractivity contribution in [3.63, 3.8) is 0 Å². The summed E-state index contributed by atoms with van der Waals surface area (Å²) in [5.74, 6) is -0.0320. The van der Waals surface area contributed by atoms with Crippen molar-refractivity contribution < 1.29 is 4.79 Å². The maximum absolute atomic E-state index is 12.3. The fourth-order valence-corrected chi connectivity index (χ4v) is 2.25. The van der Waals surface area contributed by atoms with E-state index >= 15 is 0 Å². The zero-order valence-electron chi connectivity index (χ0n) is 9.80. The first-order valence-electron chi connectivity index (χ1n) is 5.73. The molecule has 3 N–H and O–H groups in total. The van der Waals surface area contributed by atoms with Crippen LogP contribution in [0.25, 0.3) is 10.9 Å². The second kappa shape index (κ2) is 4.96. The van der Waals surface area contributed by atoms with Crippen molar-refractivity contribution in [2.45, 2.75) is 12.5 Å². The maximum atomic E-state index is 12.3. The van der Waals surface area contributed by atoms with Gasteiger partial charge in [-0.05, 0) is 12.5 Å². The van der Waals surface area contributed by atoms with E-state index < -0.39 is 0 Å². The first-order chi connectivity index (χ1) is 8.25. The quantitative estimate of drug-likeness (QED) is 0.813. The summed E-state index contributed by atoms with van der Waals surface area (Å²) in [6, 6.07) is 7.74. The third-order valence-corrected chi connectivity index (χ3v) is 3.18. The summed E-state index contributed by atoms with van der Waals surface area (Å²) in [5, 5.41) is 7.86. The molecule has 0 aliphatic carbocycles. The number of amides is 1. The summed E-state index contributed by atoms with van der Waals surface area (Å²) in [6.07, 6.45) is 0.869. The standard InChI is InChI=1S/C12H14N4O.ClH/c13-8-5-6-16(7-8)12(17)11-9-3-1-2-4-10(9)14-15-11;/h1-4,8H,5-7,13H2,(H,14,15);1H. The lowest BCUT2D eigenvalue weighted by Gasteiger charge is -2.13. The van der Waals surface area contributed by atoms with E-state index in [-0.39, 0.29) is 24.4 Å². The molecule has 0 bridgehead atoms. The van der Waals surface area contributed by atoms with Gasteiger partial charge >= 0.3 is 0 Å². The van der Waals surface area contributed by atoms with Gasteiger partial charge in [0.05, 0.1) is 5.52 Å². The van der Waals surface area contributed by atoms with E-state index in [9.17, 15) is 4.79 Å². The minimum Gasteiger partial charge on any atom is -0.336 e. The molecule has 1 unspecified atom stereocenters. The fraction of sp³-hybridized carbons (Fsp3) is 0.333. The Kier molecular flexibility index (Phi) is 3.54. The van der Waals surface area contributed by atoms with Crippen LogP contribution in [0.4, 0.5) is 0 Å². The van der Waals surface area contributed by atoms with Crippen LogP contribution in [0.2, 0.25) is 0 Å². The minimum atomic E-state index is -0.0320. The average molecular weight is 267 g/mol. The Labute approximate surface area is 111 Å². The fourth-order valence-electron chi connectivity index (χ4n) is 2.25. The number of halogens is 1. The van der Waals surface area contributed by atoms with Crippen LogP contribution in [0.1, 0.15) is 16.9 Å². The predicted octanol–water partition coefficient (Wildman–Crippen LogP) is 1.16. The highest BCUT2D eigenvalue weighted by atomic mass is 35.5. The topological polar surface area (TPSA) is 75.0 Å². The van der Waals surface area contributed by atoms with E-state index in [1.54, 1.807) is 4.90 Å².